The van der Waals surface area contributed by atoms with Crippen LogP contribution < -0.4 is 0 Å². The molecular weight excluding hydrogens is 380 g/mol. The lowest BCUT2D eigenvalue weighted by Gasteiger charge is -2.44. The van der Waals surface area contributed by atoms with E-state index in [0.29, 0.717) is 29.3 Å². The van der Waals surface area contributed by atoms with E-state index in [2.05, 4.69) is 13.6 Å². The number of carbonyl (C=O) groups excluding carboxylic acids is 2. The zero-order valence-corrected chi connectivity index (χ0v) is 16.5. The number of piperidine rings is 3. The highest BCUT2D eigenvalue weighted by Gasteiger charge is 2.38. The summed E-state index contributed by atoms with van der Waals surface area (Å²) in [6.07, 6.45) is 2.50. The van der Waals surface area contributed by atoms with E-state index in [1.807, 2.05) is 0 Å². The molecule has 0 spiro atoms. The fraction of sp³-hybridized carbons (Fsp3) is 0.474. The van der Waals surface area contributed by atoms with E-state index in [4.69, 9.17) is 0 Å². The molecule has 1 unspecified atom stereocenters. The summed E-state index contributed by atoms with van der Waals surface area (Å²) in [5, 5.41) is 0.982. The molecule has 1 atom stereocenters. The van der Waals surface area contributed by atoms with Gasteiger partial charge in [-0.05, 0) is 44.0 Å². The van der Waals surface area contributed by atoms with Crippen LogP contribution in [0.3, 0.4) is 0 Å². The zero-order valence-electron chi connectivity index (χ0n) is 14.8. The summed E-state index contributed by atoms with van der Waals surface area (Å²) in [5.74, 6) is 1.46. The molecule has 6 rings (SSSR count). The molecule has 2 aromatic rings. The van der Waals surface area contributed by atoms with E-state index >= 15 is 0 Å². The van der Waals surface area contributed by atoms with Crippen molar-refractivity contribution < 1.29 is 9.59 Å². The fourth-order valence-corrected chi connectivity index (χ4v) is 6.16. The highest BCUT2D eigenvalue weighted by Crippen LogP contribution is 2.41. The monoisotopic (exact) mass is 400 g/mol. The van der Waals surface area contributed by atoms with Gasteiger partial charge in [0.05, 0.1) is 28.5 Å². The largest absolute Gasteiger partial charge is 0.303 e. The van der Waals surface area contributed by atoms with Crippen molar-refractivity contribution in [3.8, 4) is 0 Å². The lowest BCUT2D eigenvalue weighted by atomic mass is 9.78. The summed E-state index contributed by atoms with van der Waals surface area (Å²) in [4.78, 5) is 28.8. The average Bonchev–Trinajstić information content (AvgIpc) is 3.28. The minimum atomic E-state index is -0.190. The van der Waals surface area contributed by atoms with Crippen LogP contribution in [-0.4, -0.2) is 62.3 Å². The Bertz CT molecular complexity index is 856. The predicted octanol–water partition coefficient (Wildman–Crippen LogP) is 2.74. The average molecular weight is 401 g/mol. The van der Waals surface area contributed by atoms with Crippen molar-refractivity contribution in [1.29, 1.82) is 0 Å². The van der Waals surface area contributed by atoms with Crippen LogP contribution in [0.15, 0.2) is 29.3 Å². The van der Waals surface area contributed by atoms with Gasteiger partial charge in [0.15, 0.2) is 0 Å². The maximum absolute atomic E-state index is 12.5. The van der Waals surface area contributed by atoms with Gasteiger partial charge in [-0.1, -0.05) is 12.1 Å². The molecule has 3 saturated heterocycles. The van der Waals surface area contributed by atoms with Gasteiger partial charge < -0.3 is 4.90 Å². The molecule has 0 N–H and O–H groups in total. The molecule has 0 saturated carbocycles. The second-order valence-electron chi connectivity index (χ2n) is 7.36. The van der Waals surface area contributed by atoms with Gasteiger partial charge in [0.1, 0.15) is 5.03 Å². The first-order chi connectivity index (χ1) is 13.2. The molecule has 0 radical (unpaired) electrons. The van der Waals surface area contributed by atoms with Crippen LogP contribution in [0, 0.1) is 5.92 Å². The topological polar surface area (TPSA) is 66.4 Å². The van der Waals surface area contributed by atoms with Gasteiger partial charge in [0.25, 0.3) is 11.8 Å². The molecule has 3 fully saturated rings. The summed E-state index contributed by atoms with van der Waals surface area (Å²) in [7, 11) is 0. The van der Waals surface area contributed by atoms with Crippen LogP contribution in [0.2, 0.25) is 0 Å². The lowest BCUT2D eigenvalue weighted by molar-refractivity contribution is 0.0664. The minimum Gasteiger partial charge on any atom is -0.303 e. The van der Waals surface area contributed by atoms with Crippen LogP contribution in [0.4, 0.5) is 0 Å². The Labute approximate surface area is 166 Å². The number of thioether (sulfide) groups is 1. The Morgan fingerprint density at radius 2 is 1.78 bits per heavy atom. The molecule has 6 nitrogen and oxygen atoms in total. The van der Waals surface area contributed by atoms with Crippen molar-refractivity contribution >= 4 is 35.3 Å². The van der Waals surface area contributed by atoms with Gasteiger partial charge in [-0.3, -0.25) is 14.5 Å². The first-order valence-electron chi connectivity index (χ1n) is 9.35. The first-order valence-corrected chi connectivity index (χ1v) is 11.1. The van der Waals surface area contributed by atoms with Crippen LogP contribution >= 0.6 is 23.5 Å². The molecule has 8 heteroatoms. The van der Waals surface area contributed by atoms with E-state index in [1.54, 1.807) is 36.0 Å². The summed E-state index contributed by atoms with van der Waals surface area (Å²) < 4.78 is 9.11. The molecule has 5 heterocycles. The molecule has 27 heavy (non-hydrogen) atoms. The number of carbonyl (C=O) groups is 2. The molecule has 140 valence electrons. The van der Waals surface area contributed by atoms with Gasteiger partial charge in [-0.15, -0.1) is 11.8 Å². The molecule has 0 aliphatic carbocycles. The SMILES string of the molecule is O=C1c2ccccc2C(=O)N1CCSc1nsnc1C1CN2CCC1CC2. The van der Waals surface area contributed by atoms with Crippen LogP contribution in [-0.2, 0) is 0 Å². The van der Waals surface area contributed by atoms with Gasteiger partial charge in [0, 0.05) is 24.8 Å². The van der Waals surface area contributed by atoms with Gasteiger partial charge in [0.2, 0.25) is 0 Å². The van der Waals surface area contributed by atoms with Crippen molar-refractivity contribution in [2.45, 2.75) is 23.8 Å². The van der Waals surface area contributed by atoms with Crippen molar-refractivity contribution in [3.63, 3.8) is 0 Å². The number of rotatable bonds is 5. The lowest BCUT2D eigenvalue weighted by Crippen LogP contribution is -2.46. The zero-order chi connectivity index (χ0) is 18.4. The normalized spacial score (nSPS) is 26.7. The number of amides is 2. The highest BCUT2D eigenvalue weighted by molar-refractivity contribution is 7.99. The summed E-state index contributed by atoms with van der Waals surface area (Å²) >= 11 is 2.89. The number of nitrogens with zero attached hydrogens (tertiary/aromatic N) is 4. The third-order valence-electron chi connectivity index (χ3n) is 5.92. The minimum absolute atomic E-state index is 0.190. The third-order valence-corrected chi connectivity index (χ3v) is 7.54. The molecular formula is C19H20N4O2S2. The molecule has 2 amide bonds. The van der Waals surface area contributed by atoms with E-state index in [0.717, 1.165) is 23.2 Å². The smallest absolute Gasteiger partial charge is 0.261 e. The maximum Gasteiger partial charge on any atom is 0.261 e. The molecule has 4 aliphatic rings. The number of aromatic nitrogens is 2. The van der Waals surface area contributed by atoms with Gasteiger partial charge in [-0.2, -0.15) is 8.75 Å². The van der Waals surface area contributed by atoms with Crippen LogP contribution in [0.5, 0.6) is 0 Å². The maximum atomic E-state index is 12.5. The van der Waals surface area contributed by atoms with E-state index in [9.17, 15) is 9.59 Å². The van der Waals surface area contributed by atoms with E-state index in [-0.39, 0.29) is 11.8 Å². The van der Waals surface area contributed by atoms with Gasteiger partial charge in [-0.25, -0.2) is 0 Å². The summed E-state index contributed by atoms with van der Waals surface area (Å²) in [6.45, 7) is 3.90. The number of hydrogen-bond acceptors (Lipinski definition) is 7. The van der Waals surface area contributed by atoms with Crippen LogP contribution in [0.25, 0.3) is 0 Å². The van der Waals surface area contributed by atoms with Crippen molar-refractivity contribution in [3.05, 3.63) is 41.1 Å². The molecule has 4 aliphatic heterocycles. The number of imide groups is 1. The molecule has 1 aromatic heterocycles. The second kappa shape index (κ2) is 7.00. The fourth-order valence-electron chi connectivity index (χ4n) is 4.46. The van der Waals surface area contributed by atoms with E-state index in [1.165, 1.54) is 42.6 Å². The number of hydrogen-bond donors (Lipinski definition) is 0. The quantitative estimate of drug-likeness (QED) is 0.568. The van der Waals surface area contributed by atoms with Crippen molar-refractivity contribution in [1.82, 2.24) is 18.5 Å². The standard InChI is InChI=1S/C19H20N4O2S2/c24-18-13-3-1-2-4-14(13)19(25)23(18)9-10-26-17-16(20-27-21-17)15-11-22-7-5-12(15)6-8-22/h1-4,12,15H,5-11H2. The Morgan fingerprint density at radius 1 is 1.07 bits per heavy atom. The van der Waals surface area contributed by atoms with Gasteiger partial charge >= 0.3 is 0 Å². The molecule has 1 aromatic carbocycles. The predicted molar refractivity (Wildman–Crippen MR) is 104 cm³/mol. The Balaban J connectivity index is 1.24. The highest BCUT2D eigenvalue weighted by atomic mass is 32.2. The number of fused-ring (bicyclic) bond motifs is 4. The summed E-state index contributed by atoms with van der Waals surface area (Å²) in [6, 6.07) is 7.03. The Morgan fingerprint density at radius 3 is 2.41 bits per heavy atom. The Hall–Kier alpha value is -1.77. The molecule has 2 bridgehead atoms. The third kappa shape index (κ3) is 2.99. The van der Waals surface area contributed by atoms with Crippen molar-refractivity contribution in [2.24, 2.45) is 5.92 Å². The Kier molecular flexibility index (Phi) is 4.49. The second-order valence-corrected chi connectivity index (χ2v) is 8.97. The number of benzene rings is 1. The summed E-state index contributed by atoms with van der Waals surface area (Å²) in [5.41, 5.74) is 2.15. The van der Waals surface area contributed by atoms with Crippen LogP contribution in [0.1, 0.15) is 45.2 Å². The first kappa shape index (κ1) is 17.3. The van der Waals surface area contributed by atoms with E-state index < -0.39 is 0 Å². The van der Waals surface area contributed by atoms with Crippen molar-refractivity contribution in [2.75, 3.05) is 31.9 Å².